The molecule has 0 atom stereocenters. The molecule has 53 heavy (non-hydrogen) atoms. The standard InChI is InChI=1S/C53H38/c1-53(2)49-26-12-11-23-43(49)44-29-27-40(34-50(44)53)38-20-14-21-41(32-38)51-45-24-9-10-25-46(45)52(42-22-13-19-37(31-42)35-15-5-3-6-16-35)48-33-39(28-30-47(48)51)36-17-7-4-8-18-36/h3-34H,1-2H3. The van der Waals surface area contributed by atoms with E-state index in [-0.39, 0.29) is 5.41 Å². The Morgan fingerprint density at radius 2 is 0.698 bits per heavy atom. The van der Waals surface area contributed by atoms with Crippen LogP contribution in [0, 0.1) is 0 Å². The second kappa shape index (κ2) is 12.3. The summed E-state index contributed by atoms with van der Waals surface area (Å²) in [6.07, 6.45) is 0. The molecule has 0 saturated carbocycles. The third kappa shape index (κ3) is 5.13. The van der Waals surface area contributed by atoms with E-state index in [0.717, 1.165) is 0 Å². The molecule has 0 heteroatoms. The van der Waals surface area contributed by atoms with Gasteiger partial charge in [0.25, 0.3) is 0 Å². The van der Waals surface area contributed by atoms with Crippen LogP contribution >= 0.6 is 0 Å². The van der Waals surface area contributed by atoms with Gasteiger partial charge in [-0.05, 0) is 124 Å². The third-order valence-corrected chi connectivity index (χ3v) is 11.5. The van der Waals surface area contributed by atoms with Crippen molar-refractivity contribution in [3.05, 3.63) is 205 Å². The molecule has 0 aliphatic heterocycles. The molecule has 0 heterocycles. The molecule has 250 valence electrons. The highest BCUT2D eigenvalue weighted by Gasteiger charge is 2.35. The first-order valence-electron chi connectivity index (χ1n) is 18.6. The highest BCUT2D eigenvalue weighted by Crippen LogP contribution is 2.50. The summed E-state index contributed by atoms with van der Waals surface area (Å²) in [5.74, 6) is 0. The highest BCUT2D eigenvalue weighted by molar-refractivity contribution is 6.22. The van der Waals surface area contributed by atoms with Crippen LogP contribution in [0.5, 0.6) is 0 Å². The van der Waals surface area contributed by atoms with E-state index in [1.165, 1.54) is 99.4 Å². The summed E-state index contributed by atoms with van der Waals surface area (Å²) in [6, 6.07) is 71.7. The number of benzene rings is 9. The lowest BCUT2D eigenvalue weighted by atomic mass is 9.81. The minimum absolute atomic E-state index is 0.0456. The first-order valence-corrected chi connectivity index (χ1v) is 18.6. The Hall–Kier alpha value is -6.50. The molecule has 9 aromatic rings. The van der Waals surface area contributed by atoms with Crippen molar-refractivity contribution in [1.82, 2.24) is 0 Å². The molecule has 0 unspecified atom stereocenters. The zero-order chi connectivity index (χ0) is 35.5. The molecule has 9 aromatic carbocycles. The van der Waals surface area contributed by atoms with Crippen molar-refractivity contribution in [3.63, 3.8) is 0 Å². The molecule has 1 aliphatic carbocycles. The van der Waals surface area contributed by atoms with Gasteiger partial charge in [-0.1, -0.05) is 184 Å². The molecule has 0 aromatic heterocycles. The van der Waals surface area contributed by atoms with Gasteiger partial charge in [-0.3, -0.25) is 0 Å². The molecule has 0 amide bonds. The van der Waals surface area contributed by atoms with E-state index in [9.17, 15) is 0 Å². The summed E-state index contributed by atoms with van der Waals surface area (Å²) in [4.78, 5) is 0. The van der Waals surface area contributed by atoms with Gasteiger partial charge in [-0.2, -0.15) is 0 Å². The predicted octanol–water partition coefficient (Wildman–Crippen LogP) is 14.6. The maximum atomic E-state index is 2.43. The van der Waals surface area contributed by atoms with Crippen LogP contribution in [0.2, 0.25) is 0 Å². The van der Waals surface area contributed by atoms with Gasteiger partial charge in [0.1, 0.15) is 0 Å². The van der Waals surface area contributed by atoms with Crippen LogP contribution in [-0.4, -0.2) is 0 Å². The van der Waals surface area contributed by atoms with E-state index in [4.69, 9.17) is 0 Å². The lowest BCUT2D eigenvalue weighted by molar-refractivity contribution is 0.660. The maximum Gasteiger partial charge on any atom is 0.0159 e. The van der Waals surface area contributed by atoms with E-state index in [1.807, 2.05) is 0 Å². The molecule has 0 bridgehead atoms. The summed E-state index contributed by atoms with van der Waals surface area (Å²) in [5.41, 5.74) is 17.8. The molecule has 0 saturated heterocycles. The predicted molar refractivity (Wildman–Crippen MR) is 226 cm³/mol. The van der Waals surface area contributed by atoms with Crippen LogP contribution in [0.1, 0.15) is 25.0 Å². The fourth-order valence-electron chi connectivity index (χ4n) is 8.83. The fraction of sp³-hybridized carbons (Fsp3) is 0.0566. The Balaban J connectivity index is 1.20. The quantitative estimate of drug-likeness (QED) is 0.159. The van der Waals surface area contributed by atoms with Gasteiger partial charge in [-0.25, -0.2) is 0 Å². The number of rotatable bonds is 5. The Kier molecular flexibility index (Phi) is 7.27. The van der Waals surface area contributed by atoms with Crippen molar-refractivity contribution in [2.24, 2.45) is 0 Å². The van der Waals surface area contributed by atoms with Crippen molar-refractivity contribution in [2.45, 2.75) is 19.3 Å². The average Bonchev–Trinajstić information content (AvgIpc) is 3.45. The van der Waals surface area contributed by atoms with Gasteiger partial charge < -0.3 is 0 Å². The van der Waals surface area contributed by atoms with E-state index in [1.54, 1.807) is 0 Å². The van der Waals surface area contributed by atoms with E-state index >= 15 is 0 Å². The lowest BCUT2D eigenvalue weighted by Crippen LogP contribution is -2.14. The first kappa shape index (κ1) is 31.3. The molecule has 1 aliphatic rings. The molecule has 0 fully saturated rings. The number of hydrogen-bond donors (Lipinski definition) is 0. The molecule has 0 spiro atoms. The lowest BCUT2D eigenvalue weighted by Gasteiger charge is -2.22. The maximum absolute atomic E-state index is 2.43. The third-order valence-electron chi connectivity index (χ3n) is 11.5. The minimum Gasteiger partial charge on any atom is -0.0622 e. The van der Waals surface area contributed by atoms with Crippen LogP contribution in [0.4, 0.5) is 0 Å². The van der Waals surface area contributed by atoms with Gasteiger partial charge >= 0.3 is 0 Å². The second-order valence-corrected chi connectivity index (χ2v) is 14.9. The zero-order valence-corrected chi connectivity index (χ0v) is 30.0. The van der Waals surface area contributed by atoms with E-state index < -0.39 is 0 Å². The monoisotopic (exact) mass is 674 g/mol. The largest absolute Gasteiger partial charge is 0.0622 e. The van der Waals surface area contributed by atoms with Crippen LogP contribution in [0.25, 0.3) is 88.3 Å². The Bertz CT molecular complexity index is 2840. The Morgan fingerprint density at radius 3 is 1.36 bits per heavy atom. The fourth-order valence-corrected chi connectivity index (χ4v) is 8.83. The van der Waals surface area contributed by atoms with Crippen molar-refractivity contribution >= 4 is 21.5 Å². The van der Waals surface area contributed by atoms with E-state index in [0.29, 0.717) is 0 Å². The summed E-state index contributed by atoms with van der Waals surface area (Å²) in [7, 11) is 0. The van der Waals surface area contributed by atoms with Crippen molar-refractivity contribution in [2.75, 3.05) is 0 Å². The molecule has 10 rings (SSSR count). The molecular formula is C53H38. The zero-order valence-electron chi connectivity index (χ0n) is 30.0. The Morgan fingerprint density at radius 1 is 0.264 bits per heavy atom. The normalized spacial score (nSPS) is 12.9. The minimum atomic E-state index is -0.0456. The summed E-state index contributed by atoms with van der Waals surface area (Å²) < 4.78 is 0. The van der Waals surface area contributed by atoms with Gasteiger partial charge in [0.2, 0.25) is 0 Å². The highest BCUT2D eigenvalue weighted by atomic mass is 14.4. The molecule has 0 N–H and O–H groups in total. The van der Waals surface area contributed by atoms with Crippen LogP contribution in [-0.2, 0) is 5.41 Å². The summed E-state index contributed by atoms with van der Waals surface area (Å²) >= 11 is 0. The topological polar surface area (TPSA) is 0 Å². The van der Waals surface area contributed by atoms with Crippen LogP contribution < -0.4 is 0 Å². The average molecular weight is 675 g/mol. The summed E-state index contributed by atoms with van der Waals surface area (Å²) in [6.45, 7) is 4.72. The summed E-state index contributed by atoms with van der Waals surface area (Å²) in [5, 5.41) is 5.03. The Labute approximate surface area is 311 Å². The second-order valence-electron chi connectivity index (χ2n) is 14.9. The van der Waals surface area contributed by atoms with Crippen LogP contribution in [0.3, 0.4) is 0 Å². The molecule has 0 nitrogen and oxygen atoms in total. The SMILES string of the molecule is CC1(C)c2ccccc2-c2ccc(-c3cccc(-c4c5ccccc5c(-c5cccc(-c6ccccc6)c5)c5cc(-c6ccccc6)ccc45)c3)cc21. The molecular weight excluding hydrogens is 637 g/mol. The van der Waals surface area contributed by atoms with Gasteiger partial charge in [0.05, 0.1) is 0 Å². The van der Waals surface area contributed by atoms with Crippen molar-refractivity contribution in [3.8, 4) is 66.8 Å². The van der Waals surface area contributed by atoms with Crippen LogP contribution in [0.15, 0.2) is 194 Å². The van der Waals surface area contributed by atoms with E-state index in [2.05, 4.69) is 208 Å². The van der Waals surface area contributed by atoms with Gasteiger partial charge in [0, 0.05) is 5.41 Å². The van der Waals surface area contributed by atoms with Gasteiger partial charge in [-0.15, -0.1) is 0 Å². The van der Waals surface area contributed by atoms with Gasteiger partial charge in [0.15, 0.2) is 0 Å². The number of fused-ring (bicyclic) bond motifs is 5. The number of hydrogen-bond acceptors (Lipinski definition) is 0. The van der Waals surface area contributed by atoms with Crippen molar-refractivity contribution in [1.29, 1.82) is 0 Å². The first-order chi connectivity index (χ1) is 26.0. The van der Waals surface area contributed by atoms with Crippen molar-refractivity contribution < 1.29 is 0 Å². The smallest absolute Gasteiger partial charge is 0.0159 e. The molecule has 0 radical (unpaired) electrons.